The first-order chi connectivity index (χ1) is 14.2. The van der Waals surface area contributed by atoms with Crippen molar-refractivity contribution in [2.45, 2.75) is 17.6 Å². The molecule has 2 heterocycles. The summed E-state index contributed by atoms with van der Waals surface area (Å²) in [5, 5.41) is 4.22. The summed E-state index contributed by atoms with van der Waals surface area (Å²) in [6.07, 6.45) is -2.93. The fourth-order valence-corrected chi connectivity index (χ4v) is 3.79. The highest BCUT2D eigenvalue weighted by atomic mass is 32.2. The van der Waals surface area contributed by atoms with Crippen molar-refractivity contribution in [3.63, 3.8) is 0 Å². The average Bonchev–Trinajstić information content (AvgIpc) is 3.32. The third-order valence-corrected chi connectivity index (χ3v) is 5.97. The van der Waals surface area contributed by atoms with E-state index in [0.717, 1.165) is 12.1 Å². The number of hydrogen-bond donors (Lipinski definition) is 1. The highest BCUT2D eigenvalue weighted by molar-refractivity contribution is 7.89. The van der Waals surface area contributed by atoms with Gasteiger partial charge >= 0.3 is 6.18 Å². The summed E-state index contributed by atoms with van der Waals surface area (Å²) in [5.74, 6) is 0.876. The Labute approximate surface area is 170 Å². The summed E-state index contributed by atoms with van der Waals surface area (Å²) in [6.45, 7) is 0.985. The zero-order valence-corrected chi connectivity index (χ0v) is 16.4. The molecule has 0 spiro atoms. The SMILES string of the molecule is CNS(=O)(=O)c1ccc(Oc2ccc(C(F)(F)F)cc2)c(-c2cnn3c2OCC3)c1. The maximum absolute atomic E-state index is 12.8. The Morgan fingerprint density at radius 3 is 2.53 bits per heavy atom. The van der Waals surface area contributed by atoms with E-state index in [4.69, 9.17) is 9.47 Å². The number of nitrogens with one attached hydrogen (secondary N) is 1. The van der Waals surface area contributed by atoms with E-state index in [2.05, 4.69) is 9.82 Å². The Bertz CT molecular complexity index is 1190. The lowest BCUT2D eigenvalue weighted by Crippen LogP contribution is -2.18. The lowest BCUT2D eigenvalue weighted by Gasteiger charge is -2.14. The van der Waals surface area contributed by atoms with Crippen LogP contribution in [0, 0.1) is 0 Å². The van der Waals surface area contributed by atoms with Crippen molar-refractivity contribution in [2.75, 3.05) is 13.7 Å². The Hall–Kier alpha value is -3.05. The lowest BCUT2D eigenvalue weighted by atomic mass is 10.1. The van der Waals surface area contributed by atoms with Crippen molar-refractivity contribution >= 4 is 10.0 Å². The van der Waals surface area contributed by atoms with Crippen LogP contribution in [0.25, 0.3) is 11.1 Å². The van der Waals surface area contributed by atoms with Crippen molar-refractivity contribution in [1.29, 1.82) is 0 Å². The fourth-order valence-electron chi connectivity index (χ4n) is 3.03. The summed E-state index contributed by atoms with van der Waals surface area (Å²) >= 11 is 0. The minimum Gasteiger partial charge on any atom is -0.475 e. The van der Waals surface area contributed by atoms with Crippen LogP contribution in [0.4, 0.5) is 13.2 Å². The molecule has 1 aliphatic heterocycles. The molecule has 158 valence electrons. The number of sulfonamides is 1. The molecule has 1 aliphatic rings. The number of alkyl halides is 3. The Morgan fingerprint density at radius 1 is 1.13 bits per heavy atom. The number of aromatic nitrogens is 2. The molecule has 0 atom stereocenters. The van der Waals surface area contributed by atoms with Crippen LogP contribution in [-0.4, -0.2) is 31.9 Å². The number of benzene rings is 2. The van der Waals surface area contributed by atoms with E-state index >= 15 is 0 Å². The minimum atomic E-state index is -4.46. The van der Waals surface area contributed by atoms with Gasteiger partial charge in [-0.3, -0.25) is 0 Å². The molecule has 0 saturated carbocycles. The highest BCUT2D eigenvalue weighted by Gasteiger charge is 2.30. The maximum Gasteiger partial charge on any atom is 0.416 e. The quantitative estimate of drug-likeness (QED) is 0.656. The normalized spacial score (nSPS) is 13.7. The second kappa shape index (κ2) is 7.33. The van der Waals surface area contributed by atoms with E-state index in [1.807, 2.05) is 0 Å². The predicted molar refractivity (Wildman–Crippen MR) is 101 cm³/mol. The van der Waals surface area contributed by atoms with Crippen molar-refractivity contribution in [1.82, 2.24) is 14.5 Å². The smallest absolute Gasteiger partial charge is 0.416 e. The van der Waals surface area contributed by atoms with E-state index in [9.17, 15) is 21.6 Å². The van der Waals surface area contributed by atoms with Crippen LogP contribution in [0.2, 0.25) is 0 Å². The fraction of sp³-hybridized carbons (Fsp3) is 0.211. The standard InChI is InChI=1S/C19H16F3N3O4S/c1-23-30(26,27)14-6-7-17(29-13-4-2-12(3-5-13)19(20,21)22)15(10-14)16-11-24-25-8-9-28-18(16)25/h2-7,10-11,23H,8-9H2,1H3. The lowest BCUT2D eigenvalue weighted by molar-refractivity contribution is -0.137. The first kappa shape index (κ1) is 20.2. The summed E-state index contributed by atoms with van der Waals surface area (Å²) in [7, 11) is -2.44. The van der Waals surface area contributed by atoms with Gasteiger partial charge in [0.05, 0.1) is 28.8 Å². The molecule has 4 rings (SSSR count). The van der Waals surface area contributed by atoms with Crippen LogP contribution in [0.1, 0.15) is 5.56 Å². The molecule has 0 saturated heterocycles. The first-order valence-corrected chi connectivity index (χ1v) is 10.3. The van der Waals surface area contributed by atoms with Crippen LogP contribution in [-0.2, 0) is 22.7 Å². The van der Waals surface area contributed by atoms with Crippen molar-refractivity contribution in [3.05, 3.63) is 54.2 Å². The number of hydrogen-bond acceptors (Lipinski definition) is 5. The van der Waals surface area contributed by atoms with Gasteiger partial charge in [0.2, 0.25) is 15.9 Å². The van der Waals surface area contributed by atoms with Gasteiger partial charge in [0.25, 0.3) is 0 Å². The number of rotatable bonds is 5. The molecular weight excluding hydrogens is 423 g/mol. The Morgan fingerprint density at radius 2 is 1.87 bits per heavy atom. The summed E-state index contributed by atoms with van der Waals surface area (Å²) in [5.41, 5.74) is 0.102. The van der Waals surface area contributed by atoms with Gasteiger partial charge in [-0.15, -0.1) is 0 Å². The summed E-state index contributed by atoms with van der Waals surface area (Å²) in [6, 6.07) is 8.42. The highest BCUT2D eigenvalue weighted by Crippen LogP contribution is 2.41. The summed E-state index contributed by atoms with van der Waals surface area (Å²) < 4.78 is 78.1. The zero-order valence-electron chi connectivity index (χ0n) is 15.6. The molecule has 0 radical (unpaired) electrons. The van der Waals surface area contributed by atoms with Crippen LogP contribution in [0.3, 0.4) is 0 Å². The number of nitrogens with zero attached hydrogens (tertiary/aromatic N) is 2. The summed E-state index contributed by atoms with van der Waals surface area (Å²) in [4.78, 5) is -0.00211. The van der Waals surface area contributed by atoms with E-state index in [1.54, 1.807) is 4.68 Å². The number of ether oxygens (including phenoxy) is 2. The van der Waals surface area contributed by atoms with Crippen molar-refractivity contribution < 1.29 is 31.1 Å². The number of fused-ring (bicyclic) bond motifs is 1. The second-order valence-electron chi connectivity index (χ2n) is 6.42. The van der Waals surface area contributed by atoms with Gasteiger partial charge in [0.15, 0.2) is 0 Å². The molecule has 0 fully saturated rings. The van der Waals surface area contributed by atoms with Gasteiger partial charge < -0.3 is 9.47 Å². The van der Waals surface area contributed by atoms with Crippen molar-refractivity contribution in [2.24, 2.45) is 0 Å². The Kier molecular flexibility index (Phi) is 4.94. The van der Waals surface area contributed by atoms with Gasteiger partial charge in [0, 0.05) is 5.56 Å². The number of halogens is 3. The first-order valence-electron chi connectivity index (χ1n) is 8.81. The van der Waals surface area contributed by atoms with Crippen LogP contribution < -0.4 is 14.2 Å². The van der Waals surface area contributed by atoms with Crippen LogP contribution in [0.15, 0.2) is 53.6 Å². The predicted octanol–water partition coefficient (Wildman–Crippen LogP) is 3.66. The van der Waals surface area contributed by atoms with Gasteiger partial charge in [-0.25, -0.2) is 17.8 Å². The van der Waals surface area contributed by atoms with Gasteiger partial charge in [-0.1, -0.05) is 0 Å². The zero-order chi connectivity index (χ0) is 21.5. The third kappa shape index (κ3) is 3.73. The molecule has 0 amide bonds. The molecular formula is C19H16F3N3O4S. The molecule has 7 nitrogen and oxygen atoms in total. The average molecular weight is 439 g/mol. The molecule has 0 bridgehead atoms. The van der Waals surface area contributed by atoms with Crippen LogP contribution in [0.5, 0.6) is 17.4 Å². The topological polar surface area (TPSA) is 82.5 Å². The molecule has 1 aromatic heterocycles. The Balaban J connectivity index is 1.77. The molecule has 1 N–H and O–H groups in total. The van der Waals surface area contributed by atoms with Gasteiger partial charge in [-0.2, -0.15) is 18.3 Å². The second-order valence-corrected chi connectivity index (χ2v) is 8.31. The third-order valence-electron chi connectivity index (χ3n) is 4.56. The van der Waals surface area contributed by atoms with Gasteiger partial charge in [0.1, 0.15) is 18.1 Å². The van der Waals surface area contributed by atoms with E-state index in [0.29, 0.717) is 30.2 Å². The van der Waals surface area contributed by atoms with Crippen molar-refractivity contribution in [3.8, 4) is 28.5 Å². The van der Waals surface area contributed by atoms with E-state index < -0.39 is 21.8 Å². The molecule has 2 aromatic carbocycles. The molecule has 0 unspecified atom stereocenters. The largest absolute Gasteiger partial charge is 0.475 e. The minimum absolute atomic E-state index is 0.00211. The molecule has 0 aliphatic carbocycles. The molecule has 11 heteroatoms. The molecule has 30 heavy (non-hydrogen) atoms. The van der Waals surface area contributed by atoms with Crippen LogP contribution >= 0.6 is 0 Å². The van der Waals surface area contributed by atoms with E-state index in [-0.39, 0.29) is 16.4 Å². The van der Waals surface area contributed by atoms with Gasteiger partial charge in [-0.05, 0) is 49.5 Å². The molecule has 3 aromatic rings. The van der Waals surface area contributed by atoms with E-state index in [1.165, 1.54) is 43.6 Å². The monoisotopic (exact) mass is 439 g/mol. The maximum atomic E-state index is 12.8.